The Labute approximate surface area is 117 Å². The van der Waals surface area contributed by atoms with E-state index in [9.17, 15) is 5.26 Å². The Kier molecular flexibility index (Phi) is 2.73. The van der Waals surface area contributed by atoms with Crippen molar-refractivity contribution in [2.24, 2.45) is 0 Å². The number of nitrogens with zero attached hydrogens (tertiary/aromatic N) is 2. The van der Waals surface area contributed by atoms with Gasteiger partial charge in [0, 0.05) is 28.3 Å². The molecule has 98 valence electrons. The van der Waals surface area contributed by atoms with E-state index < -0.39 is 0 Å². The van der Waals surface area contributed by atoms with E-state index in [1.165, 1.54) is 0 Å². The molecule has 0 spiro atoms. The number of nitriles is 1. The van der Waals surface area contributed by atoms with E-state index in [1.807, 2.05) is 61.0 Å². The van der Waals surface area contributed by atoms with Gasteiger partial charge in [0.15, 0.2) is 0 Å². The topological polar surface area (TPSA) is 54.7 Å². The Bertz CT molecular complexity index is 851. The minimum atomic E-state index is 0.660. The summed E-state index contributed by atoms with van der Waals surface area (Å²) in [6.07, 6.45) is 2.01. The van der Waals surface area contributed by atoms with Crippen LogP contribution in [0.1, 0.15) is 16.8 Å². The van der Waals surface area contributed by atoms with Crippen molar-refractivity contribution in [1.82, 2.24) is 4.57 Å². The van der Waals surface area contributed by atoms with Crippen molar-refractivity contribution in [3.05, 3.63) is 59.4 Å². The van der Waals surface area contributed by atoms with E-state index in [-0.39, 0.29) is 0 Å². The first-order valence-corrected chi connectivity index (χ1v) is 6.49. The van der Waals surface area contributed by atoms with Gasteiger partial charge in [0.2, 0.25) is 0 Å². The molecular weight excluding hydrogens is 246 g/mol. The third-order valence-electron chi connectivity index (χ3n) is 3.89. The van der Waals surface area contributed by atoms with E-state index in [1.54, 1.807) is 0 Å². The molecule has 0 unspecified atom stereocenters. The van der Waals surface area contributed by atoms with Crippen molar-refractivity contribution < 1.29 is 0 Å². The summed E-state index contributed by atoms with van der Waals surface area (Å²) in [7, 11) is 0. The van der Waals surface area contributed by atoms with Crippen molar-refractivity contribution in [1.29, 1.82) is 5.26 Å². The molecule has 3 aromatic rings. The van der Waals surface area contributed by atoms with Crippen LogP contribution >= 0.6 is 0 Å². The predicted octanol–water partition coefficient (Wildman–Crippen LogP) is 3.70. The lowest BCUT2D eigenvalue weighted by Crippen LogP contribution is -2.02. The minimum absolute atomic E-state index is 0.660. The summed E-state index contributed by atoms with van der Waals surface area (Å²) >= 11 is 0. The Hall–Kier alpha value is -2.73. The largest absolute Gasteiger partial charge is 0.399 e. The van der Waals surface area contributed by atoms with Crippen LogP contribution in [0, 0.1) is 25.2 Å². The van der Waals surface area contributed by atoms with Crippen LogP contribution in [0.25, 0.3) is 16.5 Å². The van der Waals surface area contributed by atoms with Crippen molar-refractivity contribution >= 4 is 16.5 Å². The molecule has 3 rings (SSSR count). The fourth-order valence-corrected chi connectivity index (χ4v) is 2.55. The van der Waals surface area contributed by atoms with E-state index in [0.717, 1.165) is 33.3 Å². The highest BCUT2D eigenvalue weighted by Crippen LogP contribution is 2.28. The first-order chi connectivity index (χ1) is 9.63. The molecule has 0 fully saturated rings. The van der Waals surface area contributed by atoms with Gasteiger partial charge >= 0.3 is 0 Å². The molecule has 0 aliphatic heterocycles. The van der Waals surface area contributed by atoms with Gasteiger partial charge in [-0.3, -0.25) is 0 Å². The van der Waals surface area contributed by atoms with Crippen LogP contribution in [0.4, 0.5) is 5.69 Å². The van der Waals surface area contributed by atoms with Gasteiger partial charge in [-0.15, -0.1) is 0 Å². The first kappa shape index (κ1) is 12.3. The van der Waals surface area contributed by atoms with Gasteiger partial charge in [0.05, 0.1) is 0 Å². The van der Waals surface area contributed by atoms with Crippen molar-refractivity contribution in [3.8, 4) is 11.8 Å². The highest BCUT2D eigenvalue weighted by Gasteiger charge is 2.13. The molecule has 20 heavy (non-hydrogen) atoms. The molecule has 3 heteroatoms. The van der Waals surface area contributed by atoms with Gasteiger partial charge < -0.3 is 10.3 Å². The summed E-state index contributed by atoms with van der Waals surface area (Å²) in [6.45, 7) is 4.04. The molecule has 2 N–H and O–H groups in total. The lowest BCUT2D eigenvalue weighted by molar-refractivity contribution is 1.04. The number of nitrogens with two attached hydrogens (primary N) is 1. The fourth-order valence-electron chi connectivity index (χ4n) is 2.55. The summed E-state index contributed by atoms with van der Waals surface area (Å²) in [6, 6.07) is 14.1. The molecule has 0 saturated heterocycles. The molecular formula is C17H15N3. The van der Waals surface area contributed by atoms with Crippen LogP contribution in [-0.2, 0) is 0 Å². The number of hydrogen-bond donors (Lipinski definition) is 1. The Morgan fingerprint density at radius 3 is 2.55 bits per heavy atom. The second-order valence-electron chi connectivity index (χ2n) is 4.97. The van der Waals surface area contributed by atoms with E-state index in [2.05, 4.69) is 6.07 Å². The number of hydrogen-bond acceptors (Lipinski definition) is 2. The molecule has 0 saturated carbocycles. The zero-order valence-corrected chi connectivity index (χ0v) is 11.5. The van der Waals surface area contributed by atoms with Crippen LogP contribution in [0.5, 0.6) is 0 Å². The number of nitrogen functional groups attached to an aromatic ring is 1. The molecule has 0 atom stereocenters. The average Bonchev–Trinajstić information content (AvgIpc) is 2.83. The van der Waals surface area contributed by atoms with Crippen LogP contribution in [0.3, 0.4) is 0 Å². The molecule has 0 aliphatic rings. The minimum Gasteiger partial charge on any atom is -0.399 e. The molecule has 0 aliphatic carbocycles. The third-order valence-corrected chi connectivity index (χ3v) is 3.89. The van der Waals surface area contributed by atoms with Gasteiger partial charge in [-0.2, -0.15) is 5.26 Å². The molecule has 3 nitrogen and oxygen atoms in total. The van der Waals surface area contributed by atoms with Gasteiger partial charge in [0.1, 0.15) is 11.8 Å². The van der Waals surface area contributed by atoms with Crippen LogP contribution < -0.4 is 5.73 Å². The molecule has 1 heterocycles. The van der Waals surface area contributed by atoms with E-state index in [4.69, 9.17) is 5.73 Å². The summed E-state index contributed by atoms with van der Waals surface area (Å²) in [5, 5.41) is 11.5. The monoisotopic (exact) mass is 261 g/mol. The highest BCUT2D eigenvalue weighted by molar-refractivity contribution is 5.88. The zero-order valence-electron chi connectivity index (χ0n) is 11.5. The van der Waals surface area contributed by atoms with Gasteiger partial charge in [-0.25, -0.2) is 0 Å². The third kappa shape index (κ3) is 1.66. The quantitative estimate of drug-likeness (QED) is 0.679. The summed E-state index contributed by atoms with van der Waals surface area (Å²) in [5.41, 5.74) is 10.5. The predicted molar refractivity (Wildman–Crippen MR) is 81.9 cm³/mol. The van der Waals surface area contributed by atoms with Gasteiger partial charge in [-0.1, -0.05) is 24.3 Å². The maximum absolute atomic E-state index is 9.49. The van der Waals surface area contributed by atoms with Gasteiger partial charge in [-0.05, 0) is 37.1 Å². The zero-order chi connectivity index (χ0) is 14.3. The lowest BCUT2D eigenvalue weighted by Gasteiger charge is -2.12. The molecule has 2 aromatic carbocycles. The smallest absolute Gasteiger partial charge is 0.132 e. The van der Waals surface area contributed by atoms with Crippen LogP contribution in [0.15, 0.2) is 42.6 Å². The second kappa shape index (κ2) is 4.43. The Morgan fingerprint density at radius 1 is 1.05 bits per heavy atom. The Morgan fingerprint density at radius 2 is 1.80 bits per heavy atom. The number of fused-ring (bicyclic) bond motifs is 1. The molecule has 1 aromatic heterocycles. The lowest BCUT2D eigenvalue weighted by atomic mass is 10.1. The molecule has 0 bridgehead atoms. The summed E-state index contributed by atoms with van der Waals surface area (Å²) in [5.74, 6) is 0. The standard InChI is InChI=1S/C17H15N3/c1-11-12(2)16(8-7-15(11)19)20-10-13-5-3-4-6-14(13)17(20)9-18/h3-8,10H,19H2,1-2H3. The van der Waals surface area contributed by atoms with Crippen LogP contribution in [0.2, 0.25) is 0 Å². The normalized spacial score (nSPS) is 10.7. The SMILES string of the molecule is Cc1c(N)ccc(-n2cc3ccccc3c2C#N)c1C. The number of anilines is 1. The van der Waals surface area contributed by atoms with E-state index >= 15 is 0 Å². The fraction of sp³-hybridized carbons (Fsp3) is 0.118. The van der Waals surface area contributed by atoms with E-state index in [0.29, 0.717) is 5.69 Å². The number of aromatic nitrogens is 1. The first-order valence-electron chi connectivity index (χ1n) is 6.49. The van der Waals surface area contributed by atoms with Gasteiger partial charge in [0.25, 0.3) is 0 Å². The number of benzene rings is 2. The maximum atomic E-state index is 9.49. The summed E-state index contributed by atoms with van der Waals surface area (Å²) in [4.78, 5) is 0. The highest BCUT2D eigenvalue weighted by atomic mass is 15.0. The maximum Gasteiger partial charge on any atom is 0.132 e. The number of rotatable bonds is 1. The van der Waals surface area contributed by atoms with Crippen molar-refractivity contribution in [2.75, 3.05) is 5.73 Å². The second-order valence-corrected chi connectivity index (χ2v) is 4.97. The van der Waals surface area contributed by atoms with Crippen LogP contribution in [-0.4, -0.2) is 4.57 Å². The molecule has 0 radical (unpaired) electrons. The van der Waals surface area contributed by atoms with Crippen molar-refractivity contribution in [2.45, 2.75) is 13.8 Å². The summed E-state index contributed by atoms with van der Waals surface area (Å²) < 4.78 is 1.95. The van der Waals surface area contributed by atoms with Crippen molar-refractivity contribution in [3.63, 3.8) is 0 Å². The Balaban J connectivity index is 2.36. The molecule has 0 amide bonds. The average molecular weight is 261 g/mol.